The van der Waals surface area contributed by atoms with E-state index in [1.165, 1.54) is 16.7 Å². The highest BCUT2D eigenvalue weighted by Crippen LogP contribution is 2.13. The number of aryl methyl sites for hydroxylation is 2. The van der Waals surface area contributed by atoms with Gasteiger partial charge < -0.3 is 4.52 Å². The summed E-state index contributed by atoms with van der Waals surface area (Å²) in [6.45, 7) is 24.0. The van der Waals surface area contributed by atoms with Crippen LogP contribution in [0.1, 0.15) is 58.2 Å². The Hall–Kier alpha value is -2.20. The van der Waals surface area contributed by atoms with Gasteiger partial charge in [-0.1, -0.05) is 105 Å². The quantitative estimate of drug-likeness (QED) is 0.266. The lowest BCUT2D eigenvalue weighted by Gasteiger charge is -2.14. The zero-order chi connectivity index (χ0) is 23.4. The second-order valence-electron chi connectivity index (χ2n) is 7.90. The lowest BCUT2D eigenvalue weighted by Crippen LogP contribution is -2.10. The van der Waals surface area contributed by atoms with Crippen molar-refractivity contribution in [2.24, 2.45) is 5.41 Å². The Labute approximate surface area is 188 Å². The smallest absolute Gasteiger partial charge is 0.187 e. The predicted molar refractivity (Wildman–Crippen MR) is 139 cm³/mol. The van der Waals surface area contributed by atoms with Crippen molar-refractivity contribution >= 4 is 21.2 Å². The van der Waals surface area contributed by atoms with E-state index in [0.717, 1.165) is 6.61 Å². The zero-order valence-electron chi connectivity index (χ0n) is 20.1. The van der Waals surface area contributed by atoms with Crippen LogP contribution in [0.5, 0.6) is 0 Å². The summed E-state index contributed by atoms with van der Waals surface area (Å²) in [5.41, 5.74) is 4.80. The summed E-state index contributed by atoms with van der Waals surface area (Å²) in [6, 6.07) is 16.0. The van der Waals surface area contributed by atoms with Crippen molar-refractivity contribution in [1.82, 2.24) is 0 Å². The summed E-state index contributed by atoms with van der Waals surface area (Å²) in [5, 5.41) is 0. The SMILES string of the molecule is C/C=C/C.C/C=C/c1ccc(C)cc1.CC(C)(C)COP.[C-]#[N+]c1ccc(C)cc1. The summed E-state index contributed by atoms with van der Waals surface area (Å²) in [4.78, 5) is 3.26. The van der Waals surface area contributed by atoms with Crippen LogP contribution in [-0.4, -0.2) is 6.61 Å². The Balaban J connectivity index is 0. The van der Waals surface area contributed by atoms with Gasteiger partial charge in [0.2, 0.25) is 0 Å². The van der Waals surface area contributed by atoms with Crippen LogP contribution in [0.15, 0.2) is 66.8 Å². The summed E-state index contributed by atoms with van der Waals surface area (Å²) in [5.74, 6) is 0. The lowest BCUT2D eigenvalue weighted by atomic mass is 9.99. The molecule has 3 heteroatoms. The van der Waals surface area contributed by atoms with Gasteiger partial charge in [-0.05, 0) is 45.6 Å². The third-order valence-corrected chi connectivity index (χ3v) is 3.62. The first-order valence-corrected chi connectivity index (χ1v) is 10.6. The van der Waals surface area contributed by atoms with E-state index in [1.807, 2.05) is 70.2 Å². The average Bonchev–Trinajstić information content (AvgIpc) is 2.71. The minimum atomic E-state index is 0.307. The molecular weight excluding hydrogens is 385 g/mol. The molecule has 0 radical (unpaired) electrons. The van der Waals surface area contributed by atoms with Gasteiger partial charge >= 0.3 is 0 Å². The van der Waals surface area contributed by atoms with Crippen molar-refractivity contribution in [3.05, 3.63) is 94.9 Å². The van der Waals surface area contributed by atoms with Crippen molar-refractivity contribution in [2.75, 3.05) is 6.61 Å². The Morgan fingerprint density at radius 3 is 1.53 bits per heavy atom. The Bertz CT molecular complexity index is 741. The maximum absolute atomic E-state index is 6.64. The fourth-order valence-corrected chi connectivity index (χ4v) is 2.24. The summed E-state index contributed by atoms with van der Waals surface area (Å²) in [6.07, 6.45) is 8.14. The van der Waals surface area contributed by atoms with Crippen LogP contribution in [-0.2, 0) is 4.52 Å². The van der Waals surface area contributed by atoms with Crippen LogP contribution < -0.4 is 0 Å². The van der Waals surface area contributed by atoms with Gasteiger partial charge in [-0.3, -0.25) is 0 Å². The average molecular weight is 426 g/mol. The molecule has 0 aromatic heterocycles. The third-order valence-electron chi connectivity index (χ3n) is 3.45. The van der Waals surface area contributed by atoms with Crippen LogP contribution in [0, 0.1) is 25.8 Å². The van der Waals surface area contributed by atoms with Gasteiger partial charge in [0.05, 0.1) is 13.2 Å². The zero-order valence-corrected chi connectivity index (χ0v) is 21.2. The van der Waals surface area contributed by atoms with Crippen molar-refractivity contribution in [3.8, 4) is 0 Å². The second kappa shape index (κ2) is 18.8. The number of hydrogen-bond donors (Lipinski definition) is 0. The molecule has 2 aromatic carbocycles. The van der Waals surface area contributed by atoms with Gasteiger partial charge in [0.15, 0.2) is 5.69 Å². The second-order valence-corrected chi connectivity index (χ2v) is 8.23. The van der Waals surface area contributed by atoms with Crippen molar-refractivity contribution < 1.29 is 4.52 Å². The van der Waals surface area contributed by atoms with Gasteiger partial charge in [-0.2, -0.15) is 0 Å². The molecule has 2 rings (SSSR count). The minimum Gasteiger partial charge on any atom is -0.365 e. The largest absolute Gasteiger partial charge is 0.365 e. The van der Waals surface area contributed by atoms with E-state index in [1.54, 1.807) is 0 Å². The molecule has 0 saturated heterocycles. The predicted octanol–water partition coefficient (Wildman–Crippen LogP) is 9.00. The van der Waals surface area contributed by atoms with Gasteiger partial charge in [0.1, 0.15) is 0 Å². The first-order valence-electron chi connectivity index (χ1n) is 10.2. The van der Waals surface area contributed by atoms with E-state index in [9.17, 15) is 0 Å². The molecular formula is C27H40NOP. The maximum Gasteiger partial charge on any atom is 0.187 e. The van der Waals surface area contributed by atoms with Crippen LogP contribution in [0.4, 0.5) is 5.69 Å². The molecule has 0 fully saturated rings. The summed E-state index contributed by atoms with van der Waals surface area (Å²) >= 11 is 0. The van der Waals surface area contributed by atoms with Crippen LogP contribution in [0.3, 0.4) is 0 Å². The third kappa shape index (κ3) is 20.5. The fraction of sp³-hybridized carbons (Fsp3) is 0.370. The first kappa shape index (κ1) is 30.0. The van der Waals surface area contributed by atoms with E-state index in [4.69, 9.17) is 11.1 Å². The highest BCUT2D eigenvalue weighted by Gasteiger charge is 2.07. The van der Waals surface area contributed by atoms with Crippen LogP contribution in [0.2, 0.25) is 0 Å². The molecule has 164 valence electrons. The van der Waals surface area contributed by atoms with Crippen molar-refractivity contribution in [2.45, 2.75) is 55.4 Å². The van der Waals surface area contributed by atoms with E-state index in [2.05, 4.69) is 72.3 Å². The van der Waals surface area contributed by atoms with Gasteiger partial charge in [0, 0.05) is 9.47 Å². The topological polar surface area (TPSA) is 13.6 Å². The van der Waals surface area contributed by atoms with Gasteiger partial charge in [-0.15, -0.1) is 0 Å². The molecule has 0 bridgehead atoms. The molecule has 0 aliphatic rings. The normalized spacial score (nSPS) is 10.1. The molecule has 0 aliphatic heterocycles. The molecule has 2 aromatic rings. The van der Waals surface area contributed by atoms with Crippen molar-refractivity contribution in [3.63, 3.8) is 0 Å². The molecule has 0 aliphatic carbocycles. The van der Waals surface area contributed by atoms with E-state index < -0.39 is 0 Å². The van der Waals surface area contributed by atoms with E-state index in [-0.39, 0.29) is 0 Å². The number of allylic oxidation sites excluding steroid dienone is 3. The maximum atomic E-state index is 6.64. The van der Waals surface area contributed by atoms with Crippen molar-refractivity contribution in [1.29, 1.82) is 0 Å². The minimum absolute atomic E-state index is 0.307. The number of nitrogens with zero attached hydrogens (tertiary/aromatic N) is 1. The van der Waals surface area contributed by atoms with Crippen LogP contribution in [0.25, 0.3) is 10.9 Å². The first-order chi connectivity index (χ1) is 14.1. The van der Waals surface area contributed by atoms with Gasteiger partial charge in [-0.25, -0.2) is 4.85 Å². The number of rotatable bonds is 2. The summed E-state index contributed by atoms with van der Waals surface area (Å²) < 4.78 is 4.82. The molecule has 0 N–H and O–H groups in total. The fourth-order valence-electron chi connectivity index (χ4n) is 1.74. The van der Waals surface area contributed by atoms with Crippen LogP contribution >= 0.6 is 9.47 Å². The highest BCUT2D eigenvalue weighted by molar-refractivity contribution is 7.09. The molecule has 1 unspecified atom stereocenters. The monoisotopic (exact) mass is 425 g/mol. The van der Waals surface area contributed by atoms with E-state index in [0.29, 0.717) is 11.1 Å². The molecule has 0 heterocycles. The molecule has 0 spiro atoms. The lowest BCUT2D eigenvalue weighted by molar-refractivity contribution is 0.226. The molecule has 2 nitrogen and oxygen atoms in total. The van der Waals surface area contributed by atoms with Gasteiger partial charge in [0.25, 0.3) is 0 Å². The molecule has 0 saturated carbocycles. The Morgan fingerprint density at radius 1 is 0.833 bits per heavy atom. The molecule has 1 atom stereocenters. The Morgan fingerprint density at radius 2 is 1.27 bits per heavy atom. The standard InChI is InChI=1S/C10H12.C8H7N.C5H13OP.C4H8/c1-3-4-10-7-5-9(2)6-8-10;1-7-3-5-8(9-2)6-4-7;1-5(2,3)4-6-7;1-3-4-2/h3-8H,1-2H3;3-6H,1H3;4,7H2,1-3H3;3-4H,1-2H3/b4-3+;;;4-3+. The highest BCUT2D eigenvalue weighted by atomic mass is 31.0. The summed E-state index contributed by atoms with van der Waals surface area (Å²) in [7, 11) is 2.24. The molecule has 30 heavy (non-hydrogen) atoms. The number of benzene rings is 2. The Kier molecular flexibility index (Phi) is 18.8. The molecule has 0 amide bonds. The van der Waals surface area contributed by atoms with E-state index >= 15 is 0 Å². The number of hydrogen-bond acceptors (Lipinski definition) is 1.